The first kappa shape index (κ1) is 15.0. The molecular weight excluding hydrogens is 324 g/mol. The number of nitrogens with one attached hydrogen (secondary N) is 1. The zero-order valence-electron chi connectivity index (χ0n) is 11.5. The van der Waals surface area contributed by atoms with E-state index < -0.39 is 0 Å². The van der Waals surface area contributed by atoms with Crippen molar-refractivity contribution in [3.63, 3.8) is 0 Å². The smallest absolute Gasteiger partial charge is 0.306 e. The van der Waals surface area contributed by atoms with Gasteiger partial charge < -0.3 is 10.1 Å². The van der Waals surface area contributed by atoms with Gasteiger partial charge >= 0.3 is 5.97 Å². The Morgan fingerprint density at radius 2 is 2.18 bits per heavy atom. The molecule has 1 amide bonds. The fourth-order valence-electron chi connectivity index (χ4n) is 2.21. The predicted molar refractivity (Wildman–Crippen MR) is 84.9 cm³/mol. The predicted octanol–water partition coefficient (Wildman–Crippen LogP) is 3.36. The first-order valence-corrected chi connectivity index (χ1v) is 8.03. The van der Waals surface area contributed by atoms with E-state index in [9.17, 15) is 9.59 Å². The monoisotopic (exact) mass is 336 g/mol. The van der Waals surface area contributed by atoms with E-state index in [1.807, 2.05) is 17.5 Å². The lowest BCUT2D eigenvalue weighted by molar-refractivity contribution is -0.138. The molecule has 0 unspecified atom stereocenters. The van der Waals surface area contributed by atoms with Crippen LogP contribution in [0, 0.1) is 5.92 Å². The van der Waals surface area contributed by atoms with Crippen LogP contribution in [-0.2, 0) is 14.3 Å². The molecule has 2 heterocycles. The maximum Gasteiger partial charge on any atom is 0.306 e. The highest BCUT2D eigenvalue weighted by molar-refractivity contribution is 7.14. The molecular formula is C15H13ClN2O3S. The van der Waals surface area contributed by atoms with Crippen molar-refractivity contribution >= 4 is 39.9 Å². The number of esters is 1. The van der Waals surface area contributed by atoms with Gasteiger partial charge in [-0.3, -0.25) is 9.59 Å². The summed E-state index contributed by atoms with van der Waals surface area (Å²) < 4.78 is 4.85. The van der Waals surface area contributed by atoms with E-state index in [0.29, 0.717) is 23.2 Å². The Hall–Kier alpha value is -1.92. The summed E-state index contributed by atoms with van der Waals surface area (Å²) in [5.41, 5.74) is 1.73. The lowest BCUT2D eigenvalue weighted by Crippen LogP contribution is -2.16. The van der Waals surface area contributed by atoms with Crippen LogP contribution in [0.3, 0.4) is 0 Å². The molecule has 2 aromatic rings. The average molecular weight is 337 g/mol. The molecule has 0 bridgehead atoms. The minimum Gasteiger partial charge on any atom is -0.465 e. The number of aromatic nitrogens is 1. The lowest BCUT2D eigenvalue weighted by Gasteiger charge is -2.05. The van der Waals surface area contributed by atoms with Gasteiger partial charge in [0.15, 0.2) is 5.13 Å². The van der Waals surface area contributed by atoms with E-state index >= 15 is 0 Å². The summed E-state index contributed by atoms with van der Waals surface area (Å²) in [4.78, 5) is 27.3. The van der Waals surface area contributed by atoms with Crippen molar-refractivity contribution in [3.05, 3.63) is 34.7 Å². The third-order valence-electron chi connectivity index (χ3n) is 3.30. The molecule has 1 aromatic carbocycles. The number of rotatable bonds is 4. The van der Waals surface area contributed by atoms with E-state index in [2.05, 4.69) is 10.3 Å². The van der Waals surface area contributed by atoms with Crippen molar-refractivity contribution in [1.82, 2.24) is 4.98 Å². The highest BCUT2D eigenvalue weighted by Crippen LogP contribution is 2.26. The molecule has 1 atom stereocenters. The number of carbonyl (C=O) groups is 2. The van der Waals surface area contributed by atoms with Crippen LogP contribution in [0.1, 0.15) is 12.8 Å². The third kappa shape index (κ3) is 3.64. The molecule has 1 fully saturated rings. The van der Waals surface area contributed by atoms with Crippen LogP contribution in [0.25, 0.3) is 11.3 Å². The third-order valence-corrected chi connectivity index (χ3v) is 4.31. The van der Waals surface area contributed by atoms with Crippen LogP contribution in [-0.4, -0.2) is 23.5 Å². The first-order chi connectivity index (χ1) is 10.6. The highest BCUT2D eigenvalue weighted by Gasteiger charge is 2.26. The summed E-state index contributed by atoms with van der Waals surface area (Å²) >= 11 is 7.22. The van der Waals surface area contributed by atoms with Crippen molar-refractivity contribution in [2.24, 2.45) is 5.92 Å². The Morgan fingerprint density at radius 1 is 1.41 bits per heavy atom. The van der Waals surface area contributed by atoms with Crippen LogP contribution in [0.4, 0.5) is 5.13 Å². The summed E-state index contributed by atoms with van der Waals surface area (Å²) in [6.45, 7) is 0.320. The number of hydrogen-bond acceptors (Lipinski definition) is 5. The van der Waals surface area contributed by atoms with Crippen molar-refractivity contribution in [2.75, 3.05) is 11.9 Å². The highest BCUT2D eigenvalue weighted by atomic mass is 35.5. The van der Waals surface area contributed by atoms with Crippen LogP contribution in [0.5, 0.6) is 0 Å². The number of ether oxygens (including phenoxy) is 1. The molecule has 1 N–H and O–H groups in total. The lowest BCUT2D eigenvalue weighted by atomic mass is 10.0. The van der Waals surface area contributed by atoms with Crippen molar-refractivity contribution in [1.29, 1.82) is 0 Å². The van der Waals surface area contributed by atoms with E-state index in [1.54, 1.807) is 12.1 Å². The van der Waals surface area contributed by atoms with Gasteiger partial charge in [-0.25, -0.2) is 4.98 Å². The van der Waals surface area contributed by atoms with Gasteiger partial charge in [-0.2, -0.15) is 0 Å². The zero-order valence-corrected chi connectivity index (χ0v) is 13.1. The van der Waals surface area contributed by atoms with Gasteiger partial charge in [0.05, 0.1) is 18.7 Å². The Kier molecular flexibility index (Phi) is 4.40. The molecule has 1 aromatic heterocycles. The van der Waals surface area contributed by atoms with Gasteiger partial charge in [-0.1, -0.05) is 23.7 Å². The van der Waals surface area contributed by atoms with Crippen molar-refractivity contribution in [2.45, 2.75) is 12.8 Å². The first-order valence-electron chi connectivity index (χ1n) is 6.77. The molecule has 0 spiro atoms. The largest absolute Gasteiger partial charge is 0.465 e. The Morgan fingerprint density at radius 3 is 2.86 bits per heavy atom. The standard InChI is InChI=1S/C15H13ClN2O3S/c16-11-3-1-10(2-4-11)12-8-22-15(17-12)18-13(19)5-9-6-14(20)21-7-9/h1-4,8-9H,5-7H2,(H,17,18,19)/t9-/m0/s1. The molecule has 0 radical (unpaired) electrons. The number of halogens is 1. The van der Waals surface area contributed by atoms with E-state index in [-0.39, 0.29) is 24.2 Å². The number of anilines is 1. The van der Waals surface area contributed by atoms with Gasteiger partial charge in [0.25, 0.3) is 0 Å². The Balaban J connectivity index is 1.60. The topological polar surface area (TPSA) is 68.3 Å². The molecule has 114 valence electrons. The quantitative estimate of drug-likeness (QED) is 0.869. The molecule has 1 saturated heterocycles. The van der Waals surface area contributed by atoms with Gasteiger partial charge in [-0.05, 0) is 12.1 Å². The summed E-state index contributed by atoms with van der Waals surface area (Å²) in [7, 11) is 0. The molecule has 1 aliphatic rings. The molecule has 22 heavy (non-hydrogen) atoms. The summed E-state index contributed by atoms with van der Waals surface area (Å²) in [6, 6.07) is 7.35. The van der Waals surface area contributed by atoms with E-state index in [4.69, 9.17) is 16.3 Å². The number of cyclic esters (lactones) is 1. The zero-order chi connectivity index (χ0) is 15.5. The fourth-order valence-corrected chi connectivity index (χ4v) is 3.07. The van der Waals surface area contributed by atoms with Crippen molar-refractivity contribution < 1.29 is 14.3 Å². The average Bonchev–Trinajstić information content (AvgIpc) is 3.09. The van der Waals surface area contributed by atoms with Gasteiger partial charge in [0.1, 0.15) is 0 Å². The van der Waals surface area contributed by atoms with Gasteiger partial charge in [0, 0.05) is 28.3 Å². The molecule has 5 nitrogen and oxygen atoms in total. The SMILES string of the molecule is O=C(C[C@@H]1COC(=O)C1)Nc1nc(-c2ccc(Cl)cc2)cs1. The summed E-state index contributed by atoms with van der Waals surface area (Å²) in [6.07, 6.45) is 0.572. The van der Waals surface area contributed by atoms with Gasteiger partial charge in [-0.15, -0.1) is 11.3 Å². The fraction of sp³-hybridized carbons (Fsp3) is 0.267. The number of carbonyl (C=O) groups excluding carboxylic acids is 2. The number of thiazole rings is 1. The second-order valence-electron chi connectivity index (χ2n) is 5.05. The molecule has 0 aliphatic carbocycles. The summed E-state index contributed by atoms with van der Waals surface area (Å²) in [5.74, 6) is -0.430. The van der Waals surface area contributed by atoms with Crippen molar-refractivity contribution in [3.8, 4) is 11.3 Å². The number of amides is 1. The minimum absolute atomic E-state index is 0.0387. The molecule has 1 aliphatic heterocycles. The number of benzene rings is 1. The van der Waals surface area contributed by atoms with Crippen LogP contribution >= 0.6 is 22.9 Å². The minimum atomic E-state index is -0.239. The molecule has 0 saturated carbocycles. The second kappa shape index (κ2) is 6.46. The Bertz CT molecular complexity index is 699. The molecule has 3 rings (SSSR count). The van der Waals surface area contributed by atoms with E-state index in [0.717, 1.165) is 11.3 Å². The second-order valence-corrected chi connectivity index (χ2v) is 6.34. The maximum atomic E-state index is 11.9. The van der Waals surface area contributed by atoms with E-state index in [1.165, 1.54) is 11.3 Å². The molecule has 7 heteroatoms. The van der Waals surface area contributed by atoms with Crippen LogP contribution in [0.2, 0.25) is 5.02 Å². The Labute approximate surface area is 136 Å². The normalized spacial score (nSPS) is 17.3. The maximum absolute atomic E-state index is 11.9. The summed E-state index contributed by atoms with van der Waals surface area (Å²) in [5, 5.41) is 5.85. The van der Waals surface area contributed by atoms with Crippen LogP contribution < -0.4 is 5.32 Å². The number of hydrogen-bond donors (Lipinski definition) is 1. The van der Waals surface area contributed by atoms with Crippen LogP contribution in [0.15, 0.2) is 29.6 Å². The van der Waals surface area contributed by atoms with Gasteiger partial charge in [0.2, 0.25) is 5.91 Å². The number of nitrogens with zero attached hydrogens (tertiary/aromatic N) is 1.